The average molecular weight is 212 g/mol. The molecule has 0 amide bonds. The molecule has 0 saturated heterocycles. The molecule has 0 unspecified atom stereocenters. The van der Waals surface area contributed by atoms with Crippen molar-refractivity contribution in [3.8, 4) is 0 Å². The number of nitrogens with one attached hydrogen (secondary N) is 1. The van der Waals surface area contributed by atoms with Gasteiger partial charge >= 0.3 is 0 Å². The van der Waals surface area contributed by atoms with Gasteiger partial charge in [-0.1, -0.05) is 18.2 Å². The van der Waals surface area contributed by atoms with Crippen molar-refractivity contribution < 1.29 is 8.42 Å². The number of benzene rings is 1. The monoisotopic (exact) mass is 212 g/mol. The van der Waals surface area contributed by atoms with Gasteiger partial charge in [0.25, 0.3) is 10.0 Å². The molecule has 0 aromatic heterocycles. The fourth-order valence-electron chi connectivity index (χ4n) is 0.899. The smallest absolute Gasteiger partial charge is 0.262 e. The van der Waals surface area contributed by atoms with Gasteiger partial charge in [0, 0.05) is 7.05 Å². The van der Waals surface area contributed by atoms with Gasteiger partial charge in [-0.25, -0.2) is 8.42 Å². The van der Waals surface area contributed by atoms with E-state index in [2.05, 4.69) is 9.71 Å². The summed E-state index contributed by atoms with van der Waals surface area (Å²) in [5.41, 5.74) is 0. The van der Waals surface area contributed by atoms with E-state index in [1.807, 2.05) is 0 Å². The Morgan fingerprint density at radius 3 is 2.36 bits per heavy atom. The lowest BCUT2D eigenvalue weighted by Crippen LogP contribution is -2.28. The first-order chi connectivity index (χ1) is 6.56. The van der Waals surface area contributed by atoms with Crippen molar-refractivity contribution in [2.75, 3.05) is 7.05 Å². The number of rotatable bonds is 2. The van der Waals surface area contributed by atoms with Crippen molar-refractivity contribution in [2.24, 2.45) is 4.99 Å². The van der Waals surface area contributed by atoms with Crippen molar-refractivity contribution in [2.45, 2.75) is 11.8 Å². The molecule has 0 saturated carbocycles. The molecule has 14 heavy (non-hydrogen) atoms. The molecule has 1 N–H and O–H groups in total. The van der Waals surface area contributed by atoms with E-state index in [0.29, 0.717) is 5.84 Å². The van der Waals surface area contributed by atoms with E-state index in [1.54, 1.807) is 25.1 Å². The maximum absolute atomic E-state index is 11.6. The highest BCUT2D eigenvalue weighted by Crippen LogP contribution is 2.06. The van der Waals surface area contributed by atoms with Crippen LogP contribution in [0.1, 0.15) is 6.92 Å². The average Bonchev–Trinajstić information content (AvgIpc) is 2.18. The zero-order valence-electron chi connectivity index (χ0n) is 8.06. The molecule has 1 aromatic rings. The normalized spacial score (nSPS) is 12.6. The number of amidine groups is 1. The first-order valence-corrected chi connectivity index (χ1v) is 5.56. The van der Waals surface area contributed by atoms with Crippen LogP contribution in [0, 0.1) is 0 Å². The van der Waals surface area contributed by atoms with Crippen LogP contribution in [0.3, 0.4) is 0 Å². The minimum atomic E-state index is -3.45. The lowest BCUT2D eigenvalue weighted by molar-refractivity contribution is 0.592. The summed E-state index contributed by atoms with van der Waals surface area (Å²) in [5, 5.41) is 0. The summed E-state index contributed by atoms with van der Waals surface area (Å²) >= 11 is 0. The molecule has 5 heteroatoms. The van der Waals surface area contributed by atoms with Gasteiger partial charge in [-0.2, -0.15) is 0 Å². The Labute approximate surface area is 83.7 Å². The third-order valence-corrected chi connectivity index (χ3v) is 3.13. The third-order valence-electron chi connectivity index (χ3n) is 1.67. The first-order valence-electron chi connectivity index (χ1n) is 4.07. The van der Waals surface area contributed by atoms with Crippen LogP contribution in [0.15, 0.2) is 40.2 Å². The molecule has 0 heterocycles. The van der Waals surface area contributed by atoms with Gasteiger partial charge in [-0.3, -0.25) is 9.71 Å². The van der Waals surface area contributed by atoms with Gasteiger partial charge in [-0.05, 0) is 19.1 Å². The molecule has 0 radical (unpaired) electrons. The number of hydrogen-bond acceptors (Lipinski definition) is 3. The van der Waals surface area contributed by atoms with Crippen molar-refractivity contribution in [1.29, 1.82) is 0 Å². The Kier molecular flexibility index (Phi) is 3.24. The standard InChI is InChI=1S/C9H12N2O2S/c1-8(10-2)11-14(12,13)9-6-4-3-5-7-9/h3-7H,1-2H3,(H,10,11). The quantitative estimate of drug-likeness (QED) is 0.587. The highest BCUT2D eigenvalue weighted by molar-refractivity contribution is 7.90. The summed E-state index contributed by atoms with van der Waals surface area (Å²) in [5.74, 6) is 0.369. The van der Waals surface area contributed by atoms with Crippen molar-refractivity contribution in [3.63, 3.8) is 0 Å². The highest BCUT2D eigenvalue weighted by Gasteiger charge is 2.12. The Morgan fingerprint density at radius 1 is 1.29 bits per heavy atom. The largest absolute Gasteiger partial charge is 0.275 e. The third kappa shape index (κ3) is 2.56. The number of hydrogen-bond donors (Lipinski definition) is 1. The predicted octanol–water partition coefficient (Wildman–Crippen LogP) is 1.01. The predicted molar refractivity (Wildman–Crippen MR) is 55.8 cm³/mol. The zero-order valence-corrected chi connectivity index (χ0v) is 8.88. The van der Waals surface area contributed by atoms with Crippen molar-refractivity contribution >= 4 is 15.9 Å². The summed E-state index contributed by atoms with van der Waals surface area (Å²) in [6.07, 6.45) is 0. The SMILES string of the molecule is C/N=C(\C)NS(=O)(=O)c1ccccc1. The van der Waals surface area contributed by atoms with E-state index in [9.17, 15) is 8.42 Å². The topological polar surface area (TPSA) is 58.5 Å². The number of aliphatic imine (C=N–C) groups is 1. The molecule has 0 fully saturated rings. The van der Waals surface area contributed by atoms with E-state index in [0.717, 1.165) is 0 Å². The van der Waals surface area contributed by atoms with Gasteiger partial charge in [0.05, 0.1) is 4.90 Å². The van der Waals surface area contributed by atoms with Gasteiger partial charge in [0.2, 0.25) is 0 Å². The van der Waals surface area contributed by atoms with E-state index < -0.39 is 10.0 Å². The molecule has 1 aromatic carbocycles. The molecular formula is C9H12N2O2S. The van der Waals surface area contributed by atoms with Gasteiger partial charge in [0.15, 0.2) is 0 Å². The van der Waals surface area contributed by atoms with Crippen molar-refractivity contribution in [1.82, 2.24) is 4.72 Å². The second-order valence-electron chi connectivity index (χ2n) is 2.73. The van der Waals surface area contributed by atoms with Crippen LogP contribution in [-0.4, -0.2) is 21.3 Å². The highest BCUT2D eigenvalue weighted by atomic mass is 32.2. The minimum Gasteiger partial charge on any atom is -0.275 e. The lowest BCUT2D eigenvalue weighted by Gasteiger charge is -2.05. The lowest BCUT2D eigenvalue weighted by atomic mass is 10.4. The van der Waals surface area contributed by atoms with E-state index in [4.69, 9.17) is 0 Å². The van der Waals surface area contributed by atoms with Crippen LogP contribution in [0.4, 0.5) is 0 Å². The van der Waals surface area contributed by atoms with Crippen molar-refractivity contribution in [3.05, 3.63) is 30.3 Å². The second kappa shape index (κ2) is 4.23. The van der Waals surface area contributed by atoms with Gasteiger partial charge < -0.3 is 0 Å². The van der Waals surface area contributed by atoms with Gasteiger partial charge in [0.1, 0.15) is 5.84 Å². The molecule has 0 bridgehead atoms. The summed E-state index contributed by atoms with van der Waals surface area (Å²) in [6, 6.07) is 8.18. The summed E-state index contributed by atoms with van der Waals surface area (Å²) < 4.78 is 25.6. The molecule has 0 aliphatic carbocycles. The molecule has 76 valence electrons. The fraction of sp³-hybridized carbons (Fsp3) is 0.222. The van der Waals surface area contributed by atoms with E-state index in [-0.39, 0.29) is 4.90 Å². The Bertz CT molecular complexity index is 423. The molecule has 4 nitrogen and oxygen atoms in total. The molecule has 1 rings (SSSR count). The van der Waals surface area contributed by atoms with Crippen LogP contribution in [0.5, 0.6) is 0 Å². The summed E-state index contributed by atoms with van der Waals surface area (Å²) in [7, 11) is -1.92. The van der Waals surface area contributed by atoms with E-state index in [1.165, 1.54) is 19.2 Å². The Hall–Kier alpha value is -1.36. The summed E-state index contributed by atoms with van der Waals surface area (Å²) in [4.78, 5) is 3.96. The molecule has 0 atom stereocenters. The Morgan fingerprint density at radius 2 is 1.86 bits per heavy atom. The number of sulfonamides is 1. The molecule has 0 aliphatic heterocycles. The molecule has 0 aliphatic rings. The fourth-order valence-corrected chi connectivity index (χ4v) is 2.01. The molecular weight excluding hydrogens is 200 g/mol. The zero-order chi connectivity index (χ0) is 10.6. The second-order valence-corrected chi connectivity index (χ2v) is 4.41. The van der Waals surface area contributed by atoms with Crippen LogP contribution in [0.25, 0.3) is 0 Å². The Balaban J connectivity index is 2.99. The minimum absolute atomic E-state index is 0.239. The van der Waals surface area contributed by atoms with Crippen LogP contribution >= 0.6 is 0 Å². The number of nitrogens with zero attached hydrogens (tertiary/aromatic N) is 1. The van der Waals surface area contributed by atoms with E-state index >= 15 is 0 Å². The van der Waals surface area contributed by atoms with Gasteiger partial charge in [-0.15, -0.1) is 0 Å². The first kappa shape index (κ1) is 10.7. The maximum atomic E-state index is 11.6. The summed E-state index contributed by atoms with van der Waals surface area (Å²) in [6.45, 7) is 1.60. The van der Waals surface area contributed by atoms with Crippen LogP contribution in [0.2, 0.25) is 0 Å². The van der Waals surface area contributed by atoms with Crippen LogP contribution in [-0.2, 0) is 10.0 Å². The molecule has 0 spiro atoms. The maximum Gasteiger partial charge on any atom is 0.262 e. The van der Waals surface area contributed by atoms with Crippen LogP contribution < -0.4 is 4.72 Å².